The molecule has 2 saturated heterocycles. The number of carbonyl (C=O) groups is 2. The number of rotatable bonds is 4. The molecular formula is C24H29N3O4S. The van der Waals surface area contributed by atoms with E-state index in [2.05, 4.69) is 0 Å². The molecule has 2 heterocycles. The topological polar surface area (TPSA) is 78.0 Å². The second-order valence-electron chi connectivity index (χ2n) is 8.71. The van der Waals surface area contributed by atoms with Gasteiger partial charge in [0.2, 0.25) is 15.9 Å². The minimum absolute atomic E-state index is 0.122. The molecule has 2 fully saturated rings. The van der Waals surface area contributed by atoms with E-state index in [1.165, 1.54) is 9.21 Å². The lowest BCUT2D eigenvalue weighted by molar-refractivity contribution is -0.123. The summed E-state index contributed by atoms with van der Waals surface area (Å²) in [6.45, 7) is 9.04. The van der Waals surface area contributed by atoms with Crippen LogP contribution >= 0.6 is 0 Å². The number of para-hydroxylation sites is 1. The van der Waals surface area contributed by atoms with Crippen LogP contribution in [-0.4, -0.2) is 61.7 Å². The van der Waals surface area contributed by atoms with Crippen molar-refractivity contribution in [2.75, 3.05) is 31.1 Å². The van der Waals surface area contributed by atoms with Gasteiger partial charge in [-0.1, -0.05) is 24.3 Å². The van der Waals surface area contributed by atoms with Crippen molar-refractivity contribution in [1.82, 2.24) is 9.21 Å². The van der Waals surface area contributed by atoms with Gasteiger partial charge in [0.15, 0.2) is 0 Å². The smallest absolute Gasteiger partial charge is 0.251 e. The Bertz CT molecular complexity index is 1160. The van der Waals surface area contributed by atoms with Crippen molar-refractivity contribution in [3.8, 4) is 0 Å². The van der Waals surface area contributed by atoms with Gasteiger partial charge >= 0.3 is 0 Å². The second-order valence-corrected chi connectivity index (χ2v) is 10.7. The first-order valence-electron chi connectivity index (χ1n) is 10.9. The molecule has 0 bridgehead atoms. The fourth-order valence-corrected chi connectivity index (χ4v) is 6.08. The van der Waals surface area contributed by atoms with Crippen LogP contribution in [0.3, 0.4) is 0 Å². The van der Waals surface area contributed by atoms with Crippen molar-refractivity contribution >= 4 is 27.5 Å². The van der Waals surface area contributed by atoms with Crippen molar-refractivity contribution in [2.24, 2.45) is 0 Å². The molecule has 32 heavy (non-hydrogen) atoms. The molecule has 2 aromatic rings. The lowest BCUT2D eigenvalue weighted by Crippen LogP contribution is -2.53. The predicted molar refractivity (Wildman–Crippen MR) is 123 cm³/mol. The number of hydrogen-bond donors (Lipinski definition) is 0. The molecule has 2 aliphatic heterocycles. The van der Waals surface area contributed by atoms with Crippen LogP contribution in [0.1, 0.15) is 28.7 Å². The number of hydrogen-bond acceptors (Lipinski definition) is 5. The van der Waals surface area contributed by atoms with Gasteiger partial charge in [-0.2, -0.15) is 4.31 Å². The summed E-state index contributed by atoms with van der Waals surface area (Å²) in [5.74, 6) is -0.430. The zero-order chi connectivity index (χ0) is 23.2. The molecule has 2 amide bonds. The molecule has 0 radical (unpaired) electrons. The number of benzene rings is 2. The summed E-state index contributed by atoms with van der Waals surface area (Å²) in [4.78, 5) is 29.6. The maximum absolute atomic E-state index is 13.2. The molecule has 7 nitrogen and oxygen atoms in total. The van der Waals surface area contributed by atoms with Crippen LogP contribution in [0.5, 0.6) is 0 Å². The van der Waals surface area contributed by atoms with Gasteiger partial charge in [0, 0.05) is 26.2 Å². The lowest BCUT2D eigenvalue weighted by atomic mass is 10.1. The number of imide groups is 1. The predicted octanol–water partition coefficient (Wildman–Crippen LogP) is 2.56. The Morgan fingerprint density at radius 3 is 2.03 bits per heavy atom. The van der Waals surface area contributed by atoms with E-state index in [-0.39, 0.29) is 31.3 Å². The van der Waals surface area contributed by atoms with E-state index in [4.69, 9.17) is 0 Å². The van der Waals surface area contributed by atoms with Crippen LogP contribution in [0.25, 0.3) is 0 Å². The van der Waals surface area contributed by atoms with Gasteiger partial charge in [-0.3, -0.25) is 14.5 Å². The van der Waals surface area contributed by atoms with Gasteiger partial charge in [-0.15, -0.1) is 0 Å². The molecule has 0 spiro atoms. The van der Waals surface area contributed by atoms with Crippen LogP contribution in [0.2, 0.25) is 0 Å². The average molecular weight is 456 g/mol. The quantitative estimate of drug-likeness (QED) is 0.662. The van der Waals surface area contributed by atoms with Gasteiger partial charge in [-0.05, 0) is 62.1 Å². The molecule has 4 rings (SSSR count). The molecular weight excluding hydrogens is 426 g/mol. The Labute approximate surface area is 189 Å². The molecule has 1 atom stereocenters. The Hall–Kier alpha value is -2.55. The minimum Gasteiger partial charge on any atom is -0.289 e. The monoisotopic (exact) mass is 455 g/mol. The zero-order valence-electron chi connectivity index (χ0n) is 19.0. The Balaban J connectivity index is 1.48. The van der Waals surface area contributed by atoms with E-state index in [0.29, 0.717) is 23.7 Å². The van der Waals surface area contributed by atoms with Crippen LogP contribution in [0, 0.1) is 27.7 Å². The first kappa shape index (κ1) is 22.6. The van der Waals surface area contributed by atoms with Gasteiger partial charge in [0.1, 0.15) is 0 Å². The molecule has 8 heteroatoms. The summed E-state index contributed by atoms with van der Waals surface area (Å²) in [5.41, 5.74) is 4.42. The molecule has 170 valence electrons. The van der Waals surface area contributed by atoms with Crippen LogP contribution < -0.4 is 4.90 Å². The normalized spacial score (nSPS) is 20.9. The van der Waals surface area contributed by atoms with Crippen molar-refractivity contribution < 1.29 is 18.0 Å². The number of sulfonamides is 1. The highest BCUT2D eigenvalue weighted by molar-refractivity contribution is 7.89. The highest BCUT2D eigenvalue weighted by Crippen LogP contribution is 2.32. The summed E-state index contributed by atoms with van der Waals surface area (Å²) in [6, 6.07) is 10.3. The van der Waals surface area contributed by atoms with Gasteiger partial charge in [-0.25, -0.2) is 13.3 Å². The van der Waals surface area contributed by atoms with Crippen LogP contribution in [0.4, 0.5) is 5.69 Å². The Morgan fingerprint density at radius 2 is 1.44 bits per heavy atom. The fourth-order valence-electron chi connectivity index (χ4n) is 4.57. The van der Waals surface area contributed by atoms with Crippen LogP contribution in [-0.2, 0) is 19.6 Å². The SMILES string of the molecule is Cc1ccc(S(=O)(=O)N2CCN([C@@H]3CC(=O)N(c4c(C)cccc4C)C3=O)CC2)cc1C. The van der Waals surface area contributed by atoms with Gasteiger partial charge in [0.05, 0.1) is 23.0 Å². The Morgan fingerprint density at radius 1 is 0.812 bits per heavy atom. The maximum Gasteiger partial charge on any atom is 0.251 e. The van der Waals surface area contributed by atoms with Crippen molar-refractivity contribution in [3.05, 3.63) is 58.7 Å². The molecule has 2 aliphatic rings. The summed E-state index contributed by atoms with van der Waals surface area (Å²) in [6.07, 6.45) is 0.122. The Kier molecular flexibility index (Phi) is 5.96. The molecule has 0 saturated carbocycles. The van der Waals surface area contributed by atoms with E-state index in [1.54, 1.807) is 12.1 Å². The highest BCUT2D eigenvalue weighted by Gasteiger charge is 2.44. The average Bonchev–Trinajstić information content (AvgIpc) is 3.04. The van der Waals surface area contributed by atoms with E-state index in [0.717, 1.165) is 22.3 Å². The van der Waals surface area contributed by atoms with E-state index in [9.17, 15) is 18.0 Å². The molecule has 0 N–H and O–H groups in total. The van der Waals surface area contributed by atoms with Crippen molar-refractivity contribution in [1.29, 1.82) is 0 Å². The van der Waals surface area contributed by atoms with E-state index in [1.807, 2.05) is 56.9 Å². The van der Waals surface area contributed by atoms with Crippen molar-refractivity contribution in [3.63, 3.8) is 0 Å². The van der Waals surface area contributed by atoms with Crippen LogP contribution in [0.15, 0.2) is 41.3 Å². The first-order chi connectivity index (χ1) is 15.1. The number of nitrogens with zero attached hydrogens (tertiary/aromatic N) is 3. The zero-order valence-corrected chi connectivity index (χ0v) is 19.8. The molecule has 0 unspecified atom stereocenters. The highest BCUT2D eigenvalue weighted by atomic mass is 32.2. The largest absolute Gasteiger partial charge is 0.289 e. The van der Waals surface area contributed by atoms with Gasteiger partial charge < -0.3 is 0 Å². The molecule has 0 aromatic heterocycles. The number of piperazine rings is 1. The molecule has 0 aliphatic carbocycles. The van der Waals surface area contributed by atoms with Gasteiger partial charge in [0.25, 0.3) is 5.91 Å². The first-order valence-corrected chi connectivity index (χ1v) is 12.3. The minimum atomic E-state index is -3.59. The lowest BCUT2D eigenvalue weighted by Gasteiger charge is -2.36. The third-order valence-electron chi connectivity index (χ3n) is 6.62. The van der Waals surface area contributed by atoms with E-state index >= 15 is 0 Å². The summed E-state index contributed by atoms with van der Waals surface area (Å²) < 4.78 is 27.6. The fraction of sp³-hybridized carbons (Fsp3) is 0.417. The summed E-state index contributed by atoms with van der Waals surface area (Å²) in [7, 11) is -3.59. The summed E-state index contributed by atoms with van der Waals surface area (Å²) in [5, 5.41) is 0. The second kappa shape index (κ2) is 8.42. The third kappa shape index (κ3) is 3.87. The van der Waals surface area contributed by atoms with E-state index < -0.39 is 16.1 Å². The number of aryl methyl sites for hydroxylation is 4. The number of anilines is 1. The third-order valence-corrected chi connectivity index (χ3v) is 8.51. The number of carbonyl (C=O) groups excluding carboxylic acids is 2. The molecule has 2 aromatic carbocycles. The number of amides is 2. The van der Waals surface area contributed by atoms with Crippen molar-refractivity contribution in [2.45, 2.75) is 45.1 Å². The maximum atomic E-state index is 13.2. The summed E-state index contributed by atoms with van der Waals surface area (Å²) >= 11 is 0. The standard InChI is InChI=1S/C24H29N3O4S/c1-16-8-9-20(14-19(16)4)32(30,31)26-12-10-25(11-13-26)21-15-22(28)27(24(21)29)23-17(2)6-5-7-18(23)3/h5-9,14,21H,10-13,15H2,1-4H3/t21-/m1/s1.